The lowest BCUT2D eigenvalue weighted by Gasteiger charge is -2.35. The molecule has 1 aliphatic rings. The lowest BCUT2D eigenvalue weighted by molar-refractivity contribution is -0.145. The minimum atomic E-state index is -0.813. The summed E-state index contributed by atoms with van der Waals surface area (Å²) < 4.78 is 5.44. The minimum Gasteiger partial charge on any atom is -0.496 e. The molecule has 1 saturated carbocycles. The van der Waals surface area contributed by atoms with Crippen molar-refractivity contribution in [3.63, 3.8) is 0 Å². The summed E-state index contributed by atoms with van der Waals surface area (Å²) in [5.41, 5.74) is 1.77. The van der Waals surface area contributed by atoms with Gasteiger partial charge in [-0.25, -0.2) is 0 Å². The van der Waals surface area contributed by atoms with Gasteiger partial charge in [-0.2, -0.15) is 0 Å². The average Bonchev–Trinajstić information content (AvgIpc) is 2.44. The largest absolute Gasteiger partial charge is 0.496 e. The van der Waals surface area contributed by atoms with Crippen LogP contribution in [-0.4, -0.2) is 18.2 Å². The number of carboxylic acid groups (broad SMARTS) is 1. The number of carbonyl (C=O) groups is 1. The number of halogens is 1. The molecular weight excluding hydrogens is 276 g/mol. The fourth-order valence-electron chi connectivity index (χ4n) is 3.41. The molecule has 0 bridgehead atoms. The smallest absolute Gasteiger partial charge is 0.314 e. The van der Waals surface area contributed by atoms with Crippen LogP contribution in [0, 0.1) is 13.8 Å². The molecule has 1 fully saturated rings. The van der Waals surface area contributed by atoms with Gasteiger partial charge in [-0.05, 0) is 43.9 Å². The van der Waals surface area contributed by atoms with Crippen molar-refractivity contribution in [2.24, 2.45) is 0 Å². The quantitative estimate of drug-likeness (QED) is 0.907. The first-order valence-electron chi connectivity index (χ1n) is 7.01. The summed E-state index contributed by atoms with van der Waals surface area (Å²) in [5, 5.41) is 10.4. The molecule has 0 spiro atoms. The Morgan fingerprint density at radius 1 is 1.25 bits per heavy atom. The summed E-state index contributed by atoms with van der Waals surface area (Å²) in [6, 6.07) is 1.83. The van der Waals surface area contributed by atoms with Gasteiger partial charge in [-0.15, -0.1) is 0 Å². The molecule has 0 aromatic heterocycles. The molecule has 1 aromatic carbocycles. The number of hydrogen-bond acceptors (Lipinski definition) is 2. The number of ether oxygens (including phenoxy) is 1. The van der Waals surface area contributed by atoms with Crippen molar-refractivity contribution >= 4 is 17.6 Å². The van der Waals surface area contributed by atoms with Crippen LogP contribution in [0.2, 0.25) is 5.02 Å². The second kappa shape index (κ2) is 5.65. The molecule has 20 heavy (non-hydrogen) atoms. The predicted molar refractivity (Wildman–Crippen MR) is 79.9 cm³/mol. The summed E-state index contributed by atoms with van der Waals surface area (Å²) >= 11 is 6.28. The normalized spacial score (nSPS) is 17.8. The van der Waals surface area contributed by atoms with Gasteiger partial charge in [0, 0.05) is 10.6 Å². The van der Waals surface area contributed by atoms with Crippen molar-refractivity contribution in [3.8, 4) is 5.75 Å². The van der Waals surface area contributed by atoms with Crippen LogP contribution in [0.4, 0.5) is 0 Å². The van der Waals surface area contributed by atoms with Crippen molar-refractivity contribution in [2.45, 2.75) is 51.4 Å². The maximum absolute atomic E-state index is 11.9. The van der Waals surface area contributed by atoms with Crippen molar-refractivity contribution < 1.29 is 14.6 Å². The minimum absolute atomic E-state index is 0.577. The van der Waals surface area contributed by atoms with Crippen LogP contribution in [-0.2, 0) is 10.2 Å². The van der Waals surface area contributed by atoms with E-state index < -0.39 is 11.4 Å². The fraction of sp³-hybridized carbons (Fsp3) is 0.562. The molecule has 0 radical (unpaired) electrons. The van der Waals surface area contributed by atoms with Crippen molar-refractivity contribution in [1.82, 2.24) is 0 Å². The van der Waals surface area contributed by atoms with Gasteiger partial charge in [0.15, 0.2) is 0 Å². The Morgan fingerprint density at radius 3 is 2.35 bits per heavy atom. The Labute approximate surface area is 124 Å². The molecule has 0 unspecified atom stereocenters. The Balaban J connectivity index is 2.66. The summed E-state index contributed by atoms with van der Waals surface area (Å²) in [5.74, 6) is -0.0408. The number of aliphatic carboxylic acids is 1. The van der Waals surface area contributed by atoms with Gasteiger partial charge in [-0.1, -0.05) is 30.9 Å². The van der Waals surface area contributed by atoms with E-state index in [0.717, 1.165) is 36.0 Å². The molecule has 1 N–H and O–H groups in total. The van der Waals surface area contributed by atoms with Gasteiger partial charge in [-0.3, -0.25) is 4.79 Å². The molecule has 3 nitrogen and oxygen atoms in total. The van der Waals surface area contributed by atoms with Gasteiger partial charge in [0.05, 0.1) is 12.5 Å². The van der Waals surface area contributed by atoms with Crippen LogP contribution in [0.5, 0.6) is 5.75 Å². The Bertz CT molecular complexity index is 531. The molecular formula is C16H21ClO3. The summed E-state index contributed by atoms with van der Waals surface area (Å²) in [4.78, 5) is 11.9. The molecule has 0 saturated heterocycles. The molecule has 1 aromatic rings. The zero-order valence-corrected chi connectivity index (χ0v) is 13.0. The van der Waals surface area contributed by atoms with E-state index in [4.69, 9.17) is 16.3 Å². The Hall–Kier alpha value is -1.22. The van der Waals surface area contributed by atoms with E-state index >= 15 is 0 Å². The van der Waals surface area contributed by atoms with E-state index in [-0.39, 0.29) is 0 Å². The van der Waals surface area contributed by atoms with Gasteiger partial charge in [0.25, 0.3) is 0 Å². The highest BCUT2D eigenvalue weighted by atomic mass is 35.5. The molecule has 1 aliphatic carbocycles. The third-order valence-electron chi connectivity index (χ3n) is 4.55. The molecule has 0 atom stereocenters. The highest BCUT2D eigenvalue weighted by Gasteiger charge is 2.43. The summed E-state index contributed by atoms with van der Waals surface area (Å²) in [6.45, 7) is 3.82. The average molecular weight is 297 g/mol. The van der Waals surface area contributed by atoms with E-state index in [0.29, 0.717) is 23.6 Å². The standard InChI is InChI=1S/C16H21ClO3/c1-10-12(9-13(17)11(2)14(10)20-3)16(15(18)19)7-5-4-6-8-16/h9H,4-8H2,1-3H3,(H,18,19). The van der Waals surface area contributed by atoms with Crippen LogP contribution in [0.25, 0.3) is 0 Å². The van der Waals surface area contributed by atoms with Crippen molar-refractivity contribution in [2.75, 3.05) is 7.11 Å². The van der Waals surface area contributed by atoms with E-state index in [1.165, 1.54) is 0 Å². The summed E-state index contributed by atoms with van der Waals surface area (Å²) in [7, 11) is 1.60. The maximum Gasteiger partial charge on any atom is 0.314 e. The van der Waals surface area contributed by atoms with Crippen LogP contribution in [0.1, 0.15) is 48.8 Å². The zero-order chi connectivity index (χ0) is 14.9. The molecule has 0 heterocycles. The lowest BCUT2D eigenvalue weighted by atomic mass is 9.68. The van der Waals surface area contributed by atoms with Gasteiger partial charge >= 0.3 is 5.97 Å². The Kier molecular flexibility index (Phi) is 4.28. The van der Waals surface area contributed by atoms with E-state index in [9.17, 15) is 9.90 Å². The third kappa shape index (κ3) is 2.28. The van der Waals surface area contributed by atoms with Crippen molar-refractivity contribution in [3.05, 3.63) is 27.8 Å². The topological polar surface area (TPSA) is 46.5 Å². The number of rotatable bonds is 3. The number of benzene rings is 1. The molecule has 4 heteroatoms. The number of hydrogen-bond donors (Lipinski definition) is 1. The Morgan fingerprint density at radius 2 is 1.85 bits per heavy atom. The van der Waals surface area contributed by atoms with E-state index in [2.05, 4.69) is 0 Å². The SMILES string of the molecule is COc1c(C)c(Cl)cc(C2(C(=O)O)CCCCC2)c1C. The highest BCUT2D eigenvalue weighted by molar-refractivity contribution is 6.31. The monoisotopic (exact) mass is 296 g/mol. The molecule has 2 rings (SSSR count). The first-order valence-corrected chi connectivity index (χ1v) is 7.39. The first kappa shape index (κ1) is 15.2. The van der Waals surface area contributed by atoms with Crippen LogP contribution < -0.4 is 4.74 Å². The van der Waals surface area contributed by atoms with Crippen LogP contribution in [0.15, 0.2) is 6.07 Å². The van der Waals surface area contributed by atoms with Gasteiger partial charge < -0.3 is 9.84 Å². The van der Waals surface area contributed by atoms with Gasteiger partial charge in [0.1, 0.15) is 5.75 Å². The molecule has 110 valence electrons. The number of carboxylic acids is 1. The number of methoxy groups -OCH3 is 1. The molecule has 0 amide bonds. The summed E-state index contributed by atoms with van der Waals surface area (Å²) in [6.07, 6.45) is 4.33. The van der Waals surface area contributed by atoms with E-state index in [1.807, 2.05) is 19.9 Å². The predicted octanol–water partition coefficient (Wildman–Crippen LogP) is 4.25. The maximum atomic E-state index is 11.9. The zero-order valence-electron chi connectivity index (χ0n) is 12.3. The first-order chi connectivity index (χ1) is 9.44. The lowest BCUT2D eigenvalue weighted by Crippen LogP contribution is -2.38. The van der Waals surface area contributed by atoms with Crippen LogP contribution in [0.3, 0.4) is 0 Å². The van der Waals surface area contributed by atoms with Crippen molar-refractivity contribution in [1.29, 1.82) is 0 Å². The van der Waals surface area contributed by atoms with E-state index in [1.54, 1.807) is 7.11 Å². The highest BCUT2D eigenvalue weighted by Crippen LogP contribution is 2.45. The second-order valence-electron chi connectivity index (χ2n) is 5.64. The van der Waals surface area contributed by atoms with Gasteiger partial charge in [0.2, 0.25) is 0 Å². The van der Waals surface area contributed by atoms with Crippen LogP contribution >= 0.6 is 11.6 Å². The fourth-order valence-corrected chi connectivity index (χ4v) is 3.61. The molecule has 0 aliphatic heterocycles. The second-order valence-corrected chi connectivity index (χ2v) is 6.04. The third-order valence-corrected chi connectivity index (χ3v) is 4.94.